The van der Waals surface area contributed by atoms with Crippen LogP contribution in [0.5, 0.6) is 0 Å². The summed E-state index contributed by atoms with van der Waals surface area (Å²) in [7, 11) is 0. The minimum atomic E-state index is 0.152. The molecule has 1 atom stereocenters. The number of hydrogen-bond donors (Lipinski definition) is 1. The first kappa shape index (κ1) is 20.3. The number of nitrogens with zero attached hydrogens (tertiary/aromatic N) is 5. The molecule has 0 radical (unpaired) electrons. The van der Waals surface area contributed by atoms with Gasteiger partial charge in [0.05, 0.1) is 17.4 Å². The summed E-state index contributed by atoms with van der Waals surface area (Å²) in [5.74, 6) is 1.64. The van der Waals surface area contributed by atoms with Gasteiger partial charge in [-0.15, -0.1) is 0 Å². The Bertz CT molecular complexity index is 1130. The van der Waals surface area contributed by atoms with E-state index in [-0.39, 0.29) is 6.04 Å². The summed E-state index contributed by atoms with van der Waals surface area (Å²) in [5, 5.41) is 3.46. The Labute approximate surface area is 188 Å². The zero-order chi connectivity index (χ0) is 21.6. The molecule has 32 heavy (non-hydrogen) atoms. The van der Waals surface area contributed by atoms with E-state index < -0.39 is 0 Å². The fourth-order valence-electron chi connectivity index (χ4n) is 4.18. The van der Waals surface area contributed by atoms with Crippen molar-refractivity contribution in [2.45, 2.75) is 31.8 Å². The number of anilines is 2. The summed E-state index contributed by atoms with van der Waals surface area (Å²) in [5.41, 5.74) is 3.94. The van der Waals surface area contributed by atoms with E-state index in [2.05, 4.69) is 26.3 Å². The SMILES string of the molecule is c1ccc(Nc2cc(-c3cccnc3)nc([C@H]3CCCCN3Cc3ccccn3)n2)cc1. The van der Waals surface area contributed by atoms with Gasteiger partial charge in [-0.05, 0) is 55.8 Å². The summed E-state index contributed by atoms with van der Waals surface area (Å²) in [6.45, 7) is 1.82. The summed E-state index contributed by atoms with van der Waals surface area (Å²) >= 11 is 0. The van der Waals surface area contributed by atoms with Gasteiger partial charge in [0.15, 0.2) is 0 Å². The van der Waals surface area contributed by atoms with Crippen molar-refractivity contribution in [1.29, 1.82) is 0 Å². The van der Waals surface area contributed by atoms with Crippen LogP contribution in [0.4, 0.5) is 11.5 Å². The first-order valence-corrected chi connectivity index (χ1v) is 11.1. The Morgan fingerprint density at radius 2 is 1.81 bits per heavy atom. The molecule has 0 aliphatic carbocycles. The van der Waals surface area contributed by atoms with Crippen molar-refractivity contribution < 1.29 is 0 Å². The third-order valence-corrected chi connectivity index (χ3v) is 5.75. The molecule has 0 bridgehead atoms. The topological polar surface area (TPSA) is 66.8 Å². The van der Waals surface area contributed by atoms with Crippen LogP contribution >= 0.6 is 0 Å². The van der Waals surface area contributed by atoms with Crippen LogP contribution in [-0.2, 0) is 6.54 Å². The highest BCUT2D eigenvalue weighted by atomic mass is 15.2. The number of hydrogen-bond acceptors (Lipinski definition) is 6. The summed E-state index contributed by atoms with van der Waals surface area (Å²) in [6, 6.07) is 22.3. The van der Waals surface area contributed by atoms with Gasteiger partial charge in [0.1, 0.15) is 11.6 Å². The lowest BCUT2D eigenvalue weighted by Gasteiger charge is -2.34. The number of aromatic nitrogens is 4. The standard InChI is InChI=1S/C26H26N6/c1-2-10-21(11-3-1)29-25-17-23(20-9-8-14-27-18-20)30-26(31-25)24-13-5-7-16-32(24)19-22-12-4-6-15-28-22/h1-4,6,8-12,14-15,17-18,24H,5,7,13,16,19H2,(H,29,30,31)/t24-/m1/s1. The van der Waals surface area contributed by atoms with Gasteiger partial charge < -0.3 is 5.32 Å². The van der Waals surface area contributed by atoms with Crippen LogP contribution in [-0.4, -0.2) is 31.4 Å². The van der Waals surface area contributed by atoms with E-state index in [4.69, 9.17) is 9.97 Å². The average Bonchev–Trinajstić information content (AvgIpc) is 2.86. The van der Waals surface area contributed by atoms with Crippen LogP contribution in [0.1, 0.15) is 36.8 Å². The smallest absolute Gasteiger partial charge is 0.148 e. The molecule has 0 spiro atoms. The Kier molecular flexibility index (Phi) is 6.12. The molecular formula is C26H26N6. The zero-order valence-electron chi connectivity index (χ0n) is 17.9. The summed E-state index contributed by atoms with van der Waals surface area (Å²) in [4.78, 5) is 21.3. The quantitative estimate of drug-likeness (QED) is 0.448. The van der Waals surface area contributed by atoms with Gasteiger partial charge in [0.2, 0.25) is 0 Å². The average molecular weight is 423 g/mol. The third kappa shape index (κ3) is 4.81. The number of rotatable bonds is 6. The van der Waals surface area contributed by atoms with Crippen LogP contribution < -0.4 is 5.32 Å². The van der Waals surface area contributed by atoms with Crippen molar-refractivity contribution in [2.24, 2.45) is 0 Å². The van der Waals surface area contributed by atoms with E-state index in [0.717, 1.165) is 53.8 Å². The maximum Gasteiger partial charge on any atom is 0.148 e. The van der Waals surface area contributed by atoms with Crippen LogP contribution in [0, 0.1) is 0 Å². The fraction of sp³-hybridized carbons (Fsp3) is 0.231. The molecule has 4 heterocycles. The van der Waals surface area contributed by atoms with Gasteiger partial charge in [-0.25, -0.2) is 9.97 Å². The largest absolute Gasteiger partial charge is 0.340 e. The van der Waals surface area contributed by atoms with E-state index in [9.17, 15) is 0 Å². The molecule has 6 heteroatoms. The lowest BCUT2D eigenvalue weighted by Crippen LogP contribution is -2.34. The minimum Gasteiger partial charge on any atom is -0.340 e. The van der Waals surface area contributed by atoms with E-state index in [1.807, 2.05) is 73.1 Å². The molecule has 0 unspecified atom stereocenters. The maximum absolute atomic E-state index is 5.01. The summed E-state index contributed by atoms with van der Waals surface area (Å²) < 4.78 is 0. The molecule has 1 N–H and O–H groups in total. The van der Waals surface area contributed by atoms with Gasteiger partial charge in [0, 0.05) is 42.5 Å². The highest BCUT2D eigenvalue weighted by Gasteiger charge is 2.27. The van der Waals surface area contributed by atoms with Gasteiger partial charge in [0.25, 0.3) is 0 Å². The zero-order valence-corrected chi connectivity index (χ0v) is 17.9. The van der Waals surface area contributed by atoms with Crippen molar-refractivity contribution in [1.82, 2.24) is 24.8 Å². The molecule has 1 saturated heterocycles. The van der Waals surface area contributed by atoms with Crippen molar-refractivity contribution in [3.8, 4) is 11.3 Å². The van der Waals surface area contributed by atoms with Crippen molar-refractivity contribution in [2.75, 3.05) is 11.9 Å². The minimum absolute atomic E-state index is 0.152. The molecule has 5 rings (SSSR count). The number of benzene rings is 1. The Balaban J connectivity index is 1.51. The molecule has 0 amide bonds. The number of nitrogens with one attached hydrogen (secondary N) is 1. The molecule has 1 fully saturated rings. The second-order valence-corrected chi connectivity index (χ2v) is 8.03. The Hall–Kier alpha value is -3.64. The predicted octanol–water partition coefficient (Wildman–Crippen LogP) is 5.40. The highest BCUT2D eigenvalue weighted by Crippen LogP contribution is 2.32. The van der Waals surface area contributed by atoms with Crippen LogP contribution in [0.2, 0.25) is 0 Å². The molecule has 3 aromatic heterocycles. The molecule has 0 saturated carbocycles. The molecular weight excluding hydrogens is 396 g/mol. The van der Waals surface area contributed by atoms with Crippen LogP contribution in [0.3, 0.4) is 0 Å². The monoisotopic (exact) mass is 422 g/mol. The maximum atomic E-state index is 5.01. The lowest BCUT2D eigenvalue weighted by molar-refractivity contribution is 0.132. The second kappa shape index (κ2) is 9.66. The van der Waals surface area contributed by atoms with E-state index >= 15 is 0 Å². The first-order valence-electron chi connectivity index (χ1n) is 11.1. The Morgan fingerprint density at radius 1 is 0.906 bits per heavy atom. The molecule has 1 aliphatic rings. The first-order chi connectivity index (χ1) is 15.8. The van der Waals surface area contributed by atoms with E-state index in [1.165, 1.54) is 12.8 Å². The van der Waals surface area contributed by atoms with Gasteiger partial charge in [-0.2, -0.15) is 0 Å². The van der Waals surface area contributed by atoms with Crippen LogP contribution in [0.25, 0.3) is 11.3 Å². The lowest BCUT2D eigenvalue weighted by atomic mass is 10.0. The predicted molar refractivity (Wildman–Crippen MR) is 126 cm³/mol. The summed E-state index contributed by atoms with van der Waals surface area (Å²) in [6.07, 6.45) is 8.88. The van der Waals surface area contributed by atoms with Crippen molar-refractivity contribution in [3.05, 3.63) is 96.8 Å². The number of pyridine rings is 2. The molecule has 4 aromatic rings. The van der Waals surface area contributed by atoms with Crippen LogP contribution in [0.15, 0.2) is 85.3 Å². The number of likely N-dealkylation sites (tertiary alicyclic amines) is 1. The molecule has 1 aromatic carbocycles. The number of piperidine rings is 1. The normalized spacial score (nSPS) is 16.6. The second-order valence-electron chi connectivity index (χ2n) is 8.03. The highest BCUT2D eigenvalue weighted by molar-refractivity contribution is 5.65. The van der Waals surface area contributed by atoms with Crippen molar-refractivity contribution >= 4 is 11.5 Å². The van der Waals surface area contributed by atoms with Gasteiger partial charge >= 0.3 is 0 Å². The van der Waals surface area contributed by atoms with E-state index in [0.29, 0.717) is 0 Å². The third-order valence-electron chi connectivity index (χ3n) is 5.75. The molecule has 1 aliphatic heterocycles. The Morgan fingerprint density at radius 3 is 2.62 bits per heavy atom. The van der Waals surface area contributed by atoms with Gasteiger partial charge in [-0.1, -0.05) is 30.7 Å². The van der Waals surface area contributed by atoms with Crippen molar-refractivity contribution in [3.63, 3.8) is 0 Å². The molecule has 6 nitrogen and oxygen atoms in total. The fourth-order valence-corrected chi connectivity index (χ4v) is 4.18. The molecule has 160 valence electrons. The van der Waals surface area contributed by atoms with E-state index in [1.54, 1.807) is 6.20 Å². The van der Waals surface area contributed by atoms with Gasteiger partial charge in [-0.3, -0.25) is 14.9 Å². The number of para-hydroxylation sites is 1.